The smallest absolute Gasteiger partial charge is 0.375 e. The number of nitrogens with one attached hydrogen (secondary N) is 1. The molecule has 6 rings (SSSR count). The van der Waals surface area contributed by atoms with Gasteiger partial charge in [0.15, 0.2) is 0 Å². The lowest BCUT2D eigenvalue weighted by atomic mass is 10.1. The second kappa shape index (κ2) is 16.5. The number of hydrogen-bond donors (Lipinski definition) is 2. The number of aromatic nitrogens is 2. The van der Waals surface area contributed by atoms with Crippen molar-refractivity contribution in [3.05, 3.63) is 162 Å². The van der Waals surface area contributed by atoms with Gasteiger partial charge >= 0.3 is 7.82 Å². The number of phosphoric acid groups is 1. The maximum absolute atomic E-state index is 14.2. The number of benzene rings is 4. The van der Waals surface area contributed by atoms with Crippen molar-refractivity contribution in [2.45, 2.75) is 38.9 Å². The number of hydrogen-bond acceptors (Lipinski definition) is 8. The predicted octanol–water partition coefficient (Wildman–Crippen LogP) is 8.04. The van der Waals surface area contributed by atoms with E-state index in [9.17, 15) is 9.36 Å². The fourth-order valence-corrected chi connectivity index (χ4v) is 6.50. The first-order chi connectivity index (χ1) is 24.4. The van der Waals surface area contributed by atoms with Gasteiger partial charge < -0.3 is 15.8 Å². The SMILES string of the molecule is C[C@@H](OCc1ccccc1)[C@@H](COP(=O)(OCc1ccccc1)OCc1ccccc1)Nc1c(C(N)=O)cnn2cc(-c3ccccc3)cc12. The molecule has 2 heterocycles. The van der Waals surface area contributed by atoms with Crippen LogP contribution < -0.4 is 11.1 Å². The van der Waals surface area contributed by atoms with Crippen LogP contribution in [0.15, 0.2) is 140 Å². The summed E-state index contributed by atoms with van der Waals surface area (Å²) in [5.41, 5.74) is 11.6. The molecule has 3 N–H and O–H groups in total. The topological polar surface area (TPSA) is 126 Å². The third-order valence-corrected chi connectivity index (χ3v) is 9.49. The van der Waals surface area contributed by atoms with E-state index in [4.69, 9.17) is 24.0 Å². The molecule has 1 amide bonds. The maximum Gasteiger partial charge on any atom is 0.475 e. The molecular formula is C39H39N4O6P. The lowest BCUT2D eigenvalue weighted by Crippen LogP contribution is -2.38. The molecule has 0 aliphatic heterocycles. The molecule has 2 aromatic heterocycles. The van der Waals surface area contributed by atoms with Gasteiger partial charge in [-0.1, -0.05) is 121 Å². The van der Waals surface area contributed by atoms with E-state index in [2.05, 4.69) is 10.4 Å². The monoisotopic (exact) mass is 690 g/mol. The zero-order chi connectivity index (χ0) is 34.8. The van der Waals surface area contributed by atoms with E-state index >= 15 is 0 Å². The molecule has 0 aliphatic carbocycles. The van der Waals surface area contributed by atoms with Crippen molar-refractivity contribution < 1.29 is 27.7 Å². The summed E-state index contributed by atoms with van der Waals surface area (Å²) in [6.45, 7) is 2.03. The van der Waals surface area contributed by atoms with Gasteiger partial charge in [0.25, 0.3) is 5.91 Å². The molecule has 4 aromatic carbocycles. The molecule has 0 spiro atoms. The minimum absolute atomic E-state index is 0.00822. The fraction of sp³-hybridized carbons (Fsp3) is 0.179. The molecule has 0 bridgehead atoms. The van der Waals surface area contributed by atoms with Crippen LogP contribution in [0.2, 0.25) is 0 Å². The highest BCUT2D eigenvalue weighted by Crippen LogP contribution is 2.51. The van der Waals surface area contributed by atoms with E-state index in [-0.39, 0.29) is 25.4 Å². The molecule has 256 valence electrons. The maximum atomic E-state index is 14.2. The molecule has 50 heavy (non-hydrogen) atoms. The van der Waals surface area contributed by atoms with Crippen molar-refractivity contribution in [2.75, 3.05) is 11.9 Å². The Kier molecular flexibility index (Phi) is 11.5. The third kappa shape index (κ3) is 9.12. The summed E-state index contributed by atoms with van der Waals surface area (Å²) >= 11 is 0. The molecule has 11 heteroatoms. The summed E-state index contributed by atoms with van der Waals surface area (Å²) < 4.78 is 40.1. The highest BCUT2D eigenvalue weighted by atomic mass is 31.2. The molecule has 0 unspecified atom stereocenters. The number of amides is 1. The Hall–Kier alpha value is -5.09. The van der Waals surface area contributed by atoms with E-state index in [0.717, 1.165) is 27.8 Å². The second-order valence-corrected chi connectivity index (χ2v) is 13.4. The van der Waals surface area contributed by atoms with Crippen LogP contribution in [0.5, 0.6) is 0 Å². The Morgan fingerprint density at radius 3 is 1.82 bits per heavy atom. The van der Waals surface area contributed by atoms with Gasteiger partial charge in [-0.25, -0.2) is 9.08 Å². The Bertz CT molecular complexity index is 1980. The first kappa shape index (κ1) is 34.8. The average Bonchev–Trinajstić information content (AvgIpc) is 3.61. The zero-order valence-corrected chi connectivity index (χ0v) is 28.5. The molecule has 0 radical (unpaired) electrons. The number of carbonyl (C=O) groups excluding carboxylic acids is 1. The van der Waals surface area contributed by atoms with Crippen molar-refractivity contribution in [3.63, 3.8) is 0 Å². The minimum atomic E-state index is -4.15. The number of anilines is 1. The van der Waals surface area contributed by atoms with Gasteiger partial charge in [0, 0.05) is 11.8 Å². The Morgan fingerprint density at radius 1 is 0.760 bits per heavy atom. The fourth-order valence-electron chi connectivity index (χ4n) is 5.32. The van der Waals surface area contributed by atoms with Gasteiger partial charge in [-0.2, -0.15) is 5.10 Å². The first-order valence-electron chi connectivity index (χ1n) is 16.3. The largest absolute Gasteiger partial charge is 0.475 e. The van der Waals surface area contributed by atoms with Crippen molar-refractivity contribution in [2.24, 2.45) is 5.73 Å². The first-order valence-corrected chi connectivity index (χ1v) is 17.7. The Morgan fingerprint density at radius 2 is 1.28 bits per heavy atom. The zero-order valence-electron chi connectivity index (χ0n) is 27.6. The number of nitrogens with zero attached hydrogens (tertiary/aromatic N) is 2. The van der Waals surface area contributed by atoms with E-state index in [0.29, 0.717) is 17.8 Å². The van der Waals surface area contributed by atoms with Gasteiger partial charge in [0.1, 0.15) is 0 Å². The highest BCUT2D eigenvalue weighted by Gasteiger charge is 2.31. The molecular weight excluding hydrogens is 651 g/mol. The lowest BCUT2D eigenvalue weighted by Gasteiger charge is -2.29. The van der Waals surface area contributed by atoms with E-state index < -0.39 is 25.9 Å². The highest BCUT2D eigenvalue weighted by molar-refractivity contribution is 7.48. The minimum Gasteiger partial charge on any atom is -0.375 e. The summed E-state index contributed by atoms with van der Waals surface area (Å²) in [5.74, 6) is -0.662. The molecule has 0 saturated heterocycles. The number of rotatable bonds is 17. The normalized spacial score (nSPS) is 12.8. The summed E-state index contributed by atoms with van der Waals surface area (Å²) in [6, 6.07) is 39.6. The second-order valence-electron chi connectivity index (χ2n) is 11.7. The Balaban J connectivity index is 1.30. The molecule has 10 nitrogen and oxygen atoms in total. The van der Waals surface area contributed by atoms with Crippen molar-refractivity contribution >= 4 is 24.9 Å². The Labute approximate surface area is 291 Å². The number of fused-ring (bicyclic) bond motifs is 1. The van der Waals surface area contributed by atoms with Crippen molar-refractivity contribution in [1.82, 2.24) is 9.61 Å². The number of carbonyl (C=O) groups is 1. The van der Waals surface area contributed by atoms with Crippen LogP contribution in [0.4, 0.5) is 5.69 Å². The van der Waals surface area contributed by atoms with Crippen LogP contribution in [0, 0.1) is 0 Å². The predicted molar refractivity (Wildman–Crippen MR) is 193 cm³/mol. The molecule has 0 saturated carbocycles. The number of phosphoric ester groups is 1. The lowest BCUT2D eigenvalue weighted by molar-refractivity contribution is 0.0219. The molecule has 2 atom stereocenters. The number of ether oxygens (including phenoxy) is 1. The van der Waals surface area contributed by atoms with Gasteiger partial charge in [-0.15, -0.1) is 0 Å². The molecule has 0 aliphatic rings. The number of primary amides is 1. The van der Waals surface area contributed by atoms with Crippen molar-refractivity contribution in [1.29, 1.82) is 0 Å². The van der Waals surface area contributed by atoms with E-state index in [1.165, 1.54) is 6.20 Å². The van der Waals surface area contributed by atoms with Crippen LogP contribution in [-0.4, -0.2) is 34.3 Å². The standard InChI is InChI=1S/C39H39N4O6P/c1-29(46-25-30-14-6-2-7-15-30)36(28-49-50(45,47-26-31-16-8-3-9-17-31)48-27-32-18-10-4-11-19-32)42-38-35(39(40)44)23-41-43-24-34(22-37(38)43)33-20-12-5-13-21-33/h2-24,29,36,42H,25-28H2,1H3,(H2,40,44)/t29-,36-/m1/s1. The molecule has 6 aromatic rings. The summed E-state index contributed by atoms with van der Waals surface area (Å²) in [5, 5.41) is 7.91. The van der Waals surface area contributed by atoms with Crippen LogP contribution >= 0.6 is 7.82 Å². The van der Waals surface area contributed by atoms with E-state index in [1.54, 1.807) is 4.52 Å². The van der Waals surface area contributed by atoms with Crippen LogP contribution in [0.3, 0.4) is 0 Å². The third-order valence-electron chi connectivity index (χ3n) is 8.14. The molecule has 0 fully saturated rings. The van der Waals surface area contributed by atoms with Gasteiger partial charge in [-0.05, 0) is 35.2 Å². The van der Waals surface area contributed by atoms with Gasteiger partial charge in [0.05, 0.1) is 61.5 Å². The summed E-state index contributed by atoms with van der Waals surface area (Å²) in [7, 11) is -4.15. The van der Waals surface area contributed by atoms with Crippen LogP contribution in [0.25, 0.3) is 16.6 Å². The number of nitrogens with two attached hydrogens (primary N) is 1. The quantitative estimate of drug-likeness (QED) is 0.0922. The van der Waals surface area contributed by atoms with Crippen LogP contribution in [0.1, 0.15) is 34.0 Å². The van der Waals surface area contributed by atoms with Crippen molar-refractivity contribution in [3.8, 4) is 11.1 Å². The van der Waals surface area contributed by atoms with Crippen LogP contribution in [-0.2, 0) is 42.7 Å². The summed E-state index contributed by atoms with van der Waals surface area (Å²) in [6.07, 6.45) is 2.78. The van der Waals surface area contributed by atoms with Gasteiger partial charge in [0.2, 0.25) is 0 Å². The average molecular weight is 691 g/mol. The van der Waals surface area contributed by atoms with E-state index in [1.807, 2.05) is 141 Å². The van der Waals surface area contributed by atoms with Gasteiger partial charge in [-0.3, -0.25) is 18.4 Å². The summed E-state index contributed by atoms with van der Waals surface area (Å²) in [4.78, 5) is 12.7.